The summed E-state index contributed by atoms with van der Waals surface area (Å²) in [6.07, 6.45) is 0. The highest BCUT2D eigenvalue weighted by Crippen LogP contribution is 2.35. The molecule has 0 bridgehead atoms. The van der Waals surface area contributed by atoms with Crippen LogP contribution in [0.4, 0.5) is 0 Å². The Bertz CT molecular complexity index is 1220. The van der Waals surface area contributed by atoms with Crippen molar-refractivity contribution in [1.29, 1.82) is 0 Å². The van der Waals surface area contributed by atoms with E-state index in [2.05, 4.69) is 15.9 Å². The highest BCUT2D eigenvalue weighted by Gasteiger charge is 2.30. The topological polar surface area (TPSA) is 83.5 Å². The Labute approximate surface area is 214 Å². The molecule has 3 aromatic rings. The van der Waals surface area contributed by atoms with E-state index in [4.69, 9.17) is 23.7 Å². The molecule has 0 unspecified atom stereocenters. The zero-order valence-corrected chi connectivity index (χ0v) is 22.6. The van der Waals surface area contributed by atoms with Gasteiger partial charge in [0, 0.05) is 40.8 Å². The first-order valence-corrected chi connectivity index (χ1v) is 12.8. The number of methoxy groups -OCH3 is 5. The maximum absolute atomic E-state index is 14.0. The number of benzene rings is 3. The minimum Gasteiger partial charge on any atom is -0.497 e. The number of sulfonamides is 1. The van der Waals surface area contributed by atoms with E-state index in [0.717, 1.165) is 0 Å². The lowest BCUT2D eigenvalue weighted by Gasteiger charge is -2.25. The Balaban J connectivity index is 2.14. The molecule has 35 heavy (non-hydrogen) atoms. The zero-order valence-electron chi connectivity index (χ0n) is 20.2. The van der Waals surface area contributed by atoms with Gasteiger partial charge < -0.3 is 23.7 Å². The predicted octanol–water partition coefficient (Wildman–Crippen LogP) is 4.88. The second-order valence-electron chi connectivity index (χ2n) is 7.42. The molecule has 0 radical (unpaired) electrons. The van der Waals surface area contributed by atoms with Crippen molar-refractivity contribution in [2.75, 3.05) is 35.5 Å². The number of nitrogens with zero attached hydrogens (tertiary/aromatic N) is 1. The highest BCUT2D eigenvalue weighted by atomic mass is 79.9. The highest BCUT2D eigenvalue weighted by molar-refractivity contribution is 9.10. The summed E-state index contributed by atoms with van der Waals surface area (Å²) in [5.74, 6) is 2.46. The molecule has 8 nitrogen and oxygen atoms in total. The van der Waals surface area contributed by atoms with Gasteiger partial charge in [-0.3, -0.25) is 0 Å². The number of halogens is 1. The van der Waals surface area contributed by atoms with Gasteiger partial charge in [-0.2, -0.15) is 4.31 Å². The molecule has 0 aliphatic carbocycles. The Morgan fingerprint density at radius 1 is 0.657 bits per heavy atom. The van der Waals surface area contributed by atoms with Gasteiger partial charge in [-0.05, 0) is 30.3 Å². The predicted molar refractivity (Wildman–Crippen MR) is 136 cm³/mol. The van der Waals surface area contributed by atoms with Crippen LogP contribution in [-0.4, -0.2) is 48.3 Å². The molecule has 0 spiro atoms. The number of hydrogen-bond acceptors (Lipinski definition) is 7. The summed E-state index contributed by atoms with van der Waals surface area (Å²) in [6.45, 7) is 0.0563. The number of rotatable bonds is 11. The van der Waals surface area contributed by atoms with Crippen LogP contribution in [0.1, 0.15) is 11.1 Å². The van der Waals surface area contributed by atoms with E-state index >= 15 is 0 Å². The van der Waals surface area contributed by atoms with Crippen molar-refractivity contribution < 1.29 is 32.1 Å². The van der Waals surface area contributed by atoms with Gasteiger partial charge in [-0.1, -0.05) is 28.1 Å². The first-order chi connectivity index (χ1) is 16.8. The molecule has 0 aliphatic heterocycles. The minimum atomic E-state index is -4.04. The molecule has 0 heterocycles. The van der Waals surface area contributed by atoms with E-state index in [-0.39, 0.29) is 23.7 Å². The summed E-state index contributed by atoms with van der Waals surface area (Å²) in [7, 11) is 3.57. The lowest BCUT2D eigenvalue weighted by molar-refractivity contribution is 0.355. The molecular formula is C25H28BrNO7S. The van der Waals surface area contributed by atoms with Crippen molar-refractivity contribution >= 4 is 26.0 Å². The van der Waals surface area contributed by atoms with Gasteiger partial charge >= 0.3 is 0 Å². The van der Waals surface area contributed by atoms with Crippen LogP contribution in [0, 0.1) is 0 Å². The molecule has 10 heteroatoms. The lowest BCUT2D eigenvalue weighted by atomic mass is 10.1. The third-order valence-electron chi connectivity index (χ3n) is 5.43. The van der Waals surface area contributed by atoms with E-state index in [1.807, 2.05) is 0 Å². The molecular weight excluding hydrogens is 538 g/mol. The average molecular weight is 566 g/mol. The Kier molecular flexibility index (Phi) is 8.87. The summed E-state index contributed by atoms with van der Waals surface area (Å²) in [6, 6.07) is 15.4. The van der Waals surface area contributed by atoms with Crippen LogP contribution in [0.3, 0.4) is 0 Å². The second-order valence-corrected chi connectivity index (χ2v) is 10.2. The lowest BCUT2D eigenvalue weighted by Crippen LogP contribution is -2.31. The normalized spacial score (nSPS) is 11.3. The van der Waals surface area contributed by atoms with Crippen LogP contribution < -0.4 is 23.7 Å². The first kappa shape index (κ1) is 26.7. The van der Waals surface area contributed by atoms with Crippen LogP contribution in [0.15, 0.2) is 64.0 Å². The third-order valence-corrected chi connectivity index (χ3v) is 7.73. The van der Waals surface area contributed by atoms with Crippen LogP contribution >= 0.6 is 15.9 Å². The van der Waals surface area contributed by atoms with Crippen molar-refractivity contribution in [2.24, 2.45) is 0 Å². The van der Waals surface area contributed by atoms with E-state index in [1.165, 1.54) is 31.7 Å². The van der Waals surface area contributed by atoms with E-state index in [9.17, 15) is 8.42 Å². The van der Waals surface area contributed by atoms with Gasteiger partial charge in [0.25, 0.3) is 0 Å². The largest absolute Gasteiger partial charge is 0.497 e. The van der Waals surface area contributed by atoms with E-state index < -0.39 is 10.0 Å². The average Bonchev–Trinajstić information content (AvgIpc) is 2.88. The summed E-state index contributed by atoms with van der Waals surface area (Å²) >= 11 is 3.37. The monoisotopic (exact) mass is 565 g/mol. The van der Waals surface area contributed by atoms with Crippen molar-refractivity contribution in [2.45, 2.75) is 18.0 Å². The Morgan fingerprint density at radius 2 is 1.14 bits per heavy atom. The van der Waals surface area contributed by atoms with Gasteiger partial charge in [0.2, 0.25) is 10.0 Å². The van der Waals surface area contributed by atoms with Gasteiger partial charge in [0.05, 0.1) is 35.5 Å². The molecule has 0 fully saturated rings. The van der Waals surface area contributed by atoms with Crippen LogP contribution in [0.25, 0.3) is 0 Å². The second kappa shape index (κ2) is 11.7. The summed E-state index contributed by atoms with van der Waals surface area (Å²) < 4.78 is 57.0. The molecule has 0 atom stereocenters. The maximum Gasteiger partial charge on any atom is 0.247 e. The summed E-state index contributed by atoms with van der Waals surface area (Å²) in [5.41, 5.74) is 1.33. The van der Waals surface area contributed by atoms with Crippen LogP contribution in [-0.2, 0) is 23.1 Å². The zero-order chi connectivity index (χ0) is 25.6. The molecule has 188 valence electrons. The fourth-order valence-corrected chi connectivity index (χ4v) is 5.65. The molecule has 0 aromatic heterocycles. The molecule has 3 aromatic carbocycles. The van der Waals surface area contributed by atoms with Gasteiger partial charge in [-0.15, -0.1) is 0 Å². The Hall–Kier alpha value is -2.95. The van der Waals surface area contributed by atoms with E-state index in [0.29, 0.717) is 38.6 Å². The Morgan fingerprint density at radius 3 is 1.57 bits per heavy atom. The minimum absolute atomic E-state index is 0.0281. The van der Waals surface area contributed by atoms with Crippen molar-refractivity contribution in [3.63, 3.8) is 0 Å². The van der Waals surface area contributed by atoms with Gasteiger partial charge in [-0.25, -0.2) is 8.42 Å². The van der Waals surface area contributed by atoms with Crippen molar-refractivity contribution in [3.05, 3.63) is 70.2 Å². The molecule has 0 saturated heterocycles. The van der Waals surface area contributed by atoms with Gasteiger partial charge in [0.15, 0.2) is 0 Å². The molecule has 0 saturated carbocycles. The maximum atomic E-state index is 14.0. The standard InChI is InChI=1S/C25H28BrNO7S/c1-30-20-9-6-17(23(13-20)33-4)15-27(16-18-7-10-21(31-2)14-24(18)34-5)35(28,29)25-12-19(26)8-11-22(25)32-3/h6-14H,15-16H2,1-5H3. The number of hydrogen-bond donors (Lipinski definition) is 0. The SMILES string of the molecule is COc1ccc(CN(Cc2ccc(OC)cc2OC)S(=O)(=O)c2cc(Br)ccc2OC)c(OC)c1. The third kappa shape index (κ3) is 6.01. The molecule has 0 aliphatic rings. The van der Waals surface area contributed by atoms with E-state index in [1.54, 1.807) is 62.8 Å². The summed E-state index contributed by atoms with van der Waals surface area (Å²) in [4.78, 5) is 0.0364. The van der Waals surface area contributed by atoms with Crippen molar-refractivity contribution in [3.8, 4) is 28.7 Å². The fraction of sp³-hybridized carbons (Fsp3) is 0.280. The fourth-order valence-electron chi connectivity index (χ4n) is 3.56. The van der Waals surface area contributed by atoms with Crippen molar-refractivity contribution in [1.82, 2.24) is 4.31 Å². The molecule has 3 rings (SSSR count). The first-order valence-electron chi connectivity index (χ1n) is 10.5. The molecule has 0 N–H and O–H groups in total. The molecule has 0 amide bonds. The quantitative estimate of drug-likeness (QED) is 0.327. The van der Waals surface area contributed by atoms with Gasteiger partial charge in [0.1, 0.15) is 33.6 Å². The number of ether oxygens (including phenoxy) is 5. The van der Waals surface area contributed by atoms with Crippen LogP contribution in [0.5, 0.6) is 28.7 Å². The van der Waals surface area contributed by atoms with Crippen LogP contribution in [0.2, 0.25) is 0 Å². The summed E-state index contributed by atoms with van der Waals surface area (Å²) in [5, 5.41) is 0. The smallest absolute Gasteiger partial charge is 0.247 e.